The van der Waals surface area contributed by atoms with Crippen molar-refractivity contribution in [2.45, 2.75) is 17.9 Å². The van der Waals surface area contributed by atoms with E-state index >= 15 is 0 Å². The van der Waals surface area contributed by atoms with E-state index in [9.17, 15) is 22.9 Å². The lowest BCUT2D eigenvalue weighted by Gasteiger charge is -2.27. The number of anilines is 1. The highest BCUT2D eigenvalue weighted by molar-refractivity contribution is 7.90. The molecule has 2 aromatic rings. The Kier molecular flexibility index (Phi) is 4.88. The molecular weight excluding hydrogens is 335 g/mol. The Hall–Kier alpha value is -2.48. The molecule has 0 amide bonds. The average Bonchev–Trinajstić information content (AvgIpc) is 2.52. The van der Waals surface area contributed by atoms with Crippen molar-refractivity contribution < 1.29 is 17.7 Å². The predicted molar refractivity (Wildman–Crippen MR) is 89.4 cm³/mol. The van der Waals surface area contributed by atoms with Crippen LogP contribution in [-0.2, 0) is 9.84 Å². The van der Waals surface area contributed by atoms with Gasteiger partial charge in [-0.25, -0.2) is 12.8 Å². The molecule has 2 rings (SSSR count). The minimum Gasteiger partial charge on any atom is -0.362 e. The molecule has 2 aromatic carbocycles. The topological polar surface area (TPSA) is 80.5 Å². The lowest BCUT2D eigenvalue weighted by atomic mass is 10.1. The van der Waals surface area contributed by atoms with Crippen LogP contribution >= 0.6 is 0 Å². The normalized spacial score (nSPS) is 12.7. The van der Waals surface area contributed by atoms with Crippen molar-refractivity contribution in [2.24, 2.45) is 0 Å². The highest BCUT2D eigenvalue weighted by atomic mass is 32.2. The second-order valence-electron chi connectivity index (χ2n) is 5.52. The van der Waals surface area contributed by atoms with E-state index in [0.29, 0.717) is 0 Å². The molecule has 0 saturated heterocycles. The van der Waals surface area contributed by atoms with Crippen LogP contribution in [0, 0.1) is 15.9 Å². The number of benzene rings is 2. The van der Waals surface area contributed by atoms with Gasteiger partial charge >= 0.3 is 0 Å². The van der Waals surface area contributed by atoms with Crippen LogP contribution in [0.2, 0.25) is 0 Å². The summed E-state index contributed by atoms with van der Waals surface area (Å²) in [4.78, 5) is 12.3. The zero-order chi connectivity index (χ0) is 18.1. The van der Waals surface area contributed by atoms with E-state index in [-0.39, 0.29) is 28.1 Å². The monoisotopic (exact) mass is 352 g/mol. The Morgan fingerprint density at radius 1 is 1.17 bits per heavy atom. The van der Waals surface area contributed by atoms with Gasteiger partial charge in [-0.2, -0.15) is 0 Å². The Morgan fingerprint density at radius 2 is 1.75 bits per heavy atom. The molecule has 0 aliphatic heterocycles. The summed E-state index contributed by atoms with van der Waals surface area (Å²) in [5.41, 5.74) is 0.763. The second-order valence-corrected chi connectivity index (χ2v) is 7.53. The van der Waals surface area contributed by atoms with Gasteiger partial charge in [0.25, 0.3) is 5.69 Å². The lowest BCUT2D eigenvalue weighted by Crippen LogP contribution is -2.22. The molecule has 128 valence electrons. The van der Waals surface area contributed by atoms with Gasteiger partial charge in [0, 0.05) is 19.4 Å². The SMILES string of the molecule is CC(c1ccc(F)cc1)N(C)c1ccc(S(C)(=O)=O)cc1[N+](=O)[O-]. The summed E-state index contributed by atoms with van der Waals surface area (Å²) in [5, 5.41) is 11.3. The van der Waals surface area contributed by atoms with E-state index in [0.717, 1.165) is 17.9 Å². The number of halogens is 1. The van der Waals surface area contributed by atoms with Gasteiger partial charge in [0.05, 0.1) is 15.9 Å². The number of nitro groups is 1. The van der Waals surface area contributed by atoms with Gasteiger partial charge in [-0.1, -0.05) is 12.1 Å². The fraction of sp³-hybridized carbons (Fsp3) is 0.250. The highest BCUT2D eigenvalue weighted by Gasteiger charge is 2.24. The summed E-state index contributed by atoms with van der Waals surface area (Å²) >= 11 is 0. The largest absolute Gasteiger partial charge is 0.362 e. The molecule has 0 aliphatic rings. The Balaban J connectivity index is 2.46. The number of hydrogen-bond donors (Lipinski definition) is 0. The third-order valence-electron chi connectivity index (χ3n) is 3.89. The van der Waals surface area contributed by atoms with Crippen molar-refractivity contribution in [3.05, 3.63) is 64.0 Å². The van der Waals surface area contributed by atoms with E-state index < -0.39 is 14.8 Å². The lowest BCUT2D eigenvalue weighted by molar-refractivity contribution is -0.384. The number of hydrogen-bond acceptors (Lipinski definition) is 5. The minimum atomic E-state index is -3.54. The molecule has 24 heavy (non-hydrogen) atoms. The molecule has 0 bridgehead atoms. The number of nitrogens with zero attached hydrogens (tertiary/aromatic N) is 2. The highest BCUT2D eigenvalue weighted by Crippen LogP contribution is 2.34. The maximum Gasteiger partial charge on any atom is 0.293 e. The molecule has 1 unspecified atom stereocenters. The van der Waals surface area contributed by atoms with Crippen LogP contribution in [0.5, 0.6) is 0 Å². The maximum absolute atomic E-state index is 13.0. The van der Waals surface area contributed by atoms with Gasteiger partial charge in [0.15, 0.2) is 9.84 Å². The first-order chi connectivity index (χ1) is 11.1. The predicted octanol–water partition coefficient (Wildman–Crippen LogP) is 3.33. The zero-order valence-corrected chi connectivity index (χ0v) is 14.2. The fourth-order valence-corrected chi connectivity index (χ4v) is 2.99. The zero-order valence-electron chi connectivity index (χ0n) is 13.4. The molecule has 0 aliphatic carbocycles. The Morgan fingerprint density at radius 3 is 2.25 bits per heavy atom. The number of sulfone groups is 1. The number of rotatable bonds is 5. The van der Waals surface area contributed by atoms with Crippen LogP contribution < -0.4 is 4.90 Å². The number of nitro benzene ring substituents is 1. The molecule has 0 heterocycles. The molecule has 6 nitrogen and oxygen atoms in total. The summed E-state index contributed by atoms with van der Waals surface area (Å²) in [6, 6.07) is 9.38. The van der Waals surface area contributed by atoms with Crippen LogP contribution in [0.3, 0.4) is 0 Å². The summed E-state index contributed by atoms with van der Waals surface area (Å²) in [6.45, 7) is 1.82. The standard InChI is InChI=1S/C16H17FN2O4S/c1-11(12-4-6-13(17)7-5-12)18(2)15-9-8-14(24(3,22)23)10-16(15)19(20)21/h4-11H,1-3H3. The van der Waals surface area contributed by atoms with Crippen molar-refractivity contribution in [1.29, 1.82) is 0 Å². The smallest absolute Gasteiger partial charge is 0.293 e. The first kappa shape index (κ1) is 17.9. The van der Waals surface area contributed by atoms with E-state index in [1.807, 2.05) is 6.92 Å². The summed E-state index contributed by atoms with van der Waals surface area (Å²) in [7, 11) is -1.88. The Labute approximate surface area is 139 Å². The van der Waals surface area contributed by atoms with E-state index in [1.165, 1.54) is 24.3 Å². The summed E-state index contributed by atoms with van der Waals surface area (Å²) in [6.07, 6.45) is 0.997. The third kappa shape index (κ3) is 3.70. The van der Waals surface area contributed by atoms with Crippen molar-refractivity contribution >= 4 is 21.2 Å². The van der Waals surface area contributed by atoms with Crippen LogP contribution in [0.4, 0.5) is 15.8 Å². The molecule has 0 spiro atoms. The average molecular weight is 352 g/mol. The van der Waals surface area contributed by atoms with Crippen molar-refractivity contribution in [1.82, 2.24) is 0 Å². The van der Waals surface area contributed by atoms with E-state index in [4.69, 9.17) is 0 Å². The van der Waals surface area contributed by atoms with Gasteiger partial charge in [-0.15, -0.1) is 0 Å². The van der Waals surface area contributed by atoms with Gasteiger partial charge in [0.1, 0.15) is 11.5 Å². The quantitative estimate of drug-likeness (QED) is 0.609. The molecule has 1 atom stereocenters. The molecular formula is C16H17FN2O4S. The van der Waals surface area contributed by atoms with Crippen molar-refractivity contribution in [3.63, 3.8) is 0 Å². The van der Waals surface area contributed by atoms with Gasteiger partial charge in [0.2, 0.25) is 0 Å². The maximum atomic E-state index is 13.0. The third-order valence-corrected chi connectivity index (χ3v) is 5.00. The molecule has 0 radical (unpaired) electrons. The van der Waals surface area contributed by atoms with Crippen molar-refractivity contribution in [3.8, 4) is 0 Å². The molecule has 0 saturated carbocycles. The summed E-state index contributed by atoms with van der Waals surface area (Å²) < 4.78 is 36.2. The minimum absolute atomic E-state index is 0.110. The van der Waals surface area contributed by atoms with Crippen LogP contribution in [0.25, 0.3) is 0 Å². The Bertz CT molecular complexity index is 866. The van der Waals surface area contributed by atoms with Gasteiger partial charge < -0.3 is 4.90 Å². The molecule has 0 N–H and O–H groups in total. The van der Waals surface area contributed by atoms with Gasteiger partial charge in [-0.05, 0) is 36.8 Å². The van der Waals surface area contributed by atoms with E-state index in [2.05, 4.69) is 0 Å². The van der Waals surface area contributed by atoms with Crippen molar-refractivity contribution in [2.75, 3.05) is 18.2 Å². The van der Waals surface area contributed by atoms with Crippen LogP contribution in [-0.4, -0.2) is 26.6 Å². The fourth-order valence-electron chi connectivity index (χ4n) is 2.35. The van der Waals surface area contributed by atoms with Crippen LogP contribution in [0.15, 0.2) is 47.4 Å². The van der Waals surface area contributed by atoms with Gasteiger partial charge in [-0.3, -0.25) is 10.1 Å². The molecule has 8 heteroatoms. The molecule has 0 aromatic heterocycles. The first-order valence-electron chi connectivity index (χ1n) is 7.08. The first-order valence-corrected chi connectivity index (χ1v) is 8.97. The van der Waals surface area contributed by atoms with Crippen LogP contribution in [0.1, 0.15) is 18.5 Å². The summed E-state index contributed by atoms with van der Waals surface area (Å²) in [5.74, 6) is -0.364. The second kappa shape index (κ2) is 6.56. The molecule has 0 fully saturated rings. The van der Waals surface area contributed by atoms with E-state index in [1.54, 1.807) is 24.1 Å².